The van der Waals surface area contributed by atoms with Crippen LogP contribution in [0.25, 0.3) is 0 Å². The van der Waals surface area contributed by atoms with E-state index in [1.807, 2.05) is 6.07 Å². The highest BCUT2D eigenvalue weighted by molar-refractivity contribution is 6.33. The van der Waals surface area contributed by atoms with Gasteiger partial charge in [0.05, 0.1) is 16.4 Å². The van der Waals surface area contributed by atoms with Gasteiger partial charge in [-0.15, -0.1) is 0 Å². The van der Waals surface area contributed by atoms with Crippen LogP contribution in [0.2, 0.25) is 5.02 Å². The molecule has 1 aliphatic heterocycles. The number of carbonyl (C=O) groups excluding carboxylic acids is 1. The van der Waals surface area contributed by atoms with Crippen molar-refractivity contribution >= 4 is 28.9 Å². The van der Waals surface area contributed by atoms with E-state index < -0.39 is 0 Å². The Hall–Kier alpha value is -1.42. The summed E-state index contributed by atoms with van der Waals surface area (Å²) >= 11 is 6.19. The zero-order chi connectivity index (χ0) is 14.0. The second-order valence-electron chi connectivity index (χ2n) is 5.90. The third-order valence-electron chi connectivity index (χ3n) is 2.89. The van der Waals surface area contributed by atoms with Crippen molar-refractivity contribution in [3.05, 3.63) is 17.2 Å². The number of fused-ring (bicyclic) bond motifs is 1. The lowest BCUT2D eigenvalue weighted by molar-refractivity contribution is -0.118. The molecule has 2 N–H and O–H groups in total. The van der Waals surface area contributed by atoms with Gasteiger partial charge in [0.1, 0.15) is 5.75 Å². The zero-order valence-electron chi connectivity index (χ0n) is 11.5. The van der Waals surface area contributed by atoms with Crippen LogP contribution in [-0.4, -0.2) is 19.1 Å². The summed E-state index contributed by atoms with van der Waals surface area (Å²) in [4.78, 5) is 11.2. The van der Waals surface area contributed by atoms with Crippen LogP contribution >= 0.6 is 11.6 Å². The first-order valence-corrected chi connectivity index (χ1v) is 6.73. The maximum atomic E-state index is 11.2. The number of nitrogens with one attached hydrogen (secondary N) is 2. The van der Waals surface area contributed by atoms with Gasteiger partial charge in [0.2, 0.25) is 0 Å². The molecule has 4 nitrogen and oxygen atoms in total. The summed E-state index contributed by atoms with van der Waals surface area (Å²) in [7, 11) is 0. The number of amides is 1. The molecule has 0 fully saturated rings. The predicted octanol–water partition coefficient (Wildman–Crippen LogP) is 3.52. The number of hydrogen-bond donors (Lipinski definition) is 2. The van der Waals surface area contributed by atoms with Crippen LogP contribution in [0.4, 0.5) is 11.4 Å². The highest BCUT2D eigenvalue weighted by Gasteiger charge is 2.18. The molecular weight excluding hydrogens is 264 g/mol. The summed E-state index contributed by atoms with van der Waals surface area (Å²) in [5.41, 5.74) is 1.74. The Bertz CT molecular complexity index is 495. The van der Waals surface area contributed by atoms with Crippen LogP contribution < -0.4 is 15.4 Å². The molecule has 0 spiro atoms. The monoisotopic (exact) mass is 282 g/mol. The van der Waals surface area contributed by atoms with Gasteiger partial charge in [-0.3, -0.25) is 4.79 Å². The fourth-order valence-corrected chi connectivity index (χ4v) is 2.04. The maximum absolute atomic E-state index is 11.2. The Balaban J connectivity index is 2.08. The first-order chi connectivity index (χ1) is 8.85. The summed E-state index contributed by atoms with van der Waals surface area (Å²) < 4.78 is 5.37. The minimum absolute atomic E-state index is 0.0517. The normalized spacial score (nSPS) is 14.4. The molecule has 0 saturated carbocycles. The maximum Gasteiger partial charge on any atom is 0.262 e. The van der Waals surface area contributed by atoms with E-state index in [2.05, 4.69) is 31.4 Å². The van der Waals surface area contributed by atoms with Crippen molar-refractivity contribution in [2.45, 2.75) is 27.2 Å². The SMILES string of the molecule is CC(C)(C)CCNc1cc2c(cc1Cl)NC(=O)CO2. The van der Waals surface area contributed by atoms with Gasteiger partial charge in [-0.1, -0.05) is 32.4 Å². The van der Waals surface area contributed by atoms with Crippen molar-refractivity contribution in [2.75, 3.05) is 23.8 Å². The highest BCUT2D eigenvalue weighted by Crippen LogP contribution is 2.36. The number of benzene rings is 1. The number of ether oxygens (including phenoxy) is 1. The lowest BCUT2D eigenvalue weighted by Crippen LogP contribution is -2.25. The van der Waals surface area contributed by atoms with E-state index in [1.165, 1.54) is 0 Å². The molecule has 1 aromatic carbocycles. The van der Waals surface area contributed by atoms with Gasteiger partial charge in [-0.25, -0.2) is 0 Å². The highest BCUT2D eigenvalue weighted by atomic mass is 35.5. The van der Waals surface area contributed by atoms with Crippen molar-refractivity contribution in [2.24, 2.45) is 5.41 Å². The molecule has 19 heavy (non-hydrogen) atoms. The van der Waals surface area contributed by atoms with E-state index in [4.69, 9.17) is 16.3 Å². The van der Waals surface area contributed by atoms with Gasteiger partial charge in [-0.05, 0) is 17.9 Å². The molecule has 2 rings (SSSR count). The number of rotatable bonds is 3. The first kappa shape index (κ1) is 14.0. The molecule has 0 saturated heterocycles. The van der Waals surface area contributed by atoms with Crippen molar-refractivity contribution in [1.82, 2.24) is 0 Å². The largest absolute Gasteiger partial charge is 0.482 e. The van der Waals surface area contributed by atoms with Crippen molar-refractivity contribution < 1.29 is 9.53 Å². The minimum atomic E-state index is -0.156. The molecule has 0 radical (unpaired) electrons. The van der Waals surface area contributed by atoms with E-state index >= 15 is 0 Å². The molecule has 104 valence electrons. The summed E-state index contributed by atoms with van der Waals surface area (Å²) in [6.07, 6.45) is 1.04. The number of halogens is 1. The smallest absolute Gasteiger partial charge is 0.262 e. The van der Waals surface area contributed by atoms with Gasteiger partial charge in [0.15, 0.2) is 6.61 Å². The van der Waals surface area contributed by atoms with Crippen molar-refractivity contribution in [3.63, 3.8) is 0 Å². The van der Waals surface area contributed by atoms with Crippen LogP contribution in [0.5, 0.6) is 5.75 Å². The van der Waals surface area contributed by atoms with Gasteiger partial charge < -0.3 is 15.4 Å². The fraction of sp³-hybridized carbons (Fsp3) is 0.500. The molecule has 1 heterocycles. The van der Waals surface area contributed by atoms with E-state index in [0.29, 0.717) is 16.5 Å². The summed E-state index contributed by atoms with van der Waals surface area (Å²) in [5.74, 6) is 0.499. The molecule has 0 atom stereocenters. The van der Waals surface area contributed by atoms with E-state index in [0.717, 1.165) is 18.7 Å². The Morgan fingerprint density at radius 1 is 1.42 bits per heavy atom. The average Bonchev–Trinajstić information content (AvgIpc) is 2.28. The second-order valence-corrected chi connectivity index (χ2v) is 6.31. The lowest BCUT2D eigenvalue weighted by atomic mass is 9.92. The average molecular weight is 283 g/mol. The molecule has 5 heteroatoms. The van der Waals surface area contributed by atoms with Crippen LogP contribution in [0.1, 0.15) is 27.2 Å². The Kier molecular flexibility index (Phi) is 3.90. The third-order valence-corrected chi connectivity index (χ3v) is 3.21. The van der Waals surface area contributed by atoms with Gasteiger partial charge in [-0.2, -0.15) is 0 Å². The van der Waals surface area contributed by atoms with Crippen LogP contribution in [-0.2, 0) is 4.79 Å². The molecule has 1 aromatic rings. The summed E-state index contributed by atoms with van der Waals surface area (Å²) in [6, 6.07) is 3.55. The standard InChI is InChI=1S/C14H19ClN2O2/c1-14(2,3)4-5-16-10-7-12-11(6-9(10)15)17-13(18)8-19-12/h6-7,16H,4-5,8H2,1-3H3,(H,17,18). The lowest BCUT2D eigenvalue weighted by Gasteiger charge is -2.21. The van der Waals surface area contributed by atoms with Gasteiger partial charge in [0, 0.05) is 12.6 Å². The quantitative estimate of drug-likeness (QED) is 0.892. The fourth-order valence-electron chi connectivity index (χ4n) is 1.81. The first-order valence-electron chi connectivity index (χ1n) is 6.35. The Morgan fingerprint density at radius 2 is 2.16 bits per heavy atom. The van der Waals surface area contributed by atoms with Gasteiger partial charge in [0.25, 0.3) is 5.91 Å². The minimum Gasteiger partial charge on any atom is -0.482 e. The van der Waals surface area contributed by atoms with E-state index in [-0.39, 0.29) is 17.9 Å². The zero-order valence-corrected chi connectivity index (χ0v) is 12.2. The Labute approximate surface area is 118 Å². The van der Waals surface area contributed by atoms with E-state index in [1.54, 1.807) is 6.07 Å². The van der Waals surface area contributed by atoms with Crippen LogP contribution in [0.15, 0.2) is 12.1 Å². The Morgan fingerprint density at radius 3 is 2.84 bits per heavy atom. The van der Waals surface area contributed by atoms with Crippen molar-refractivity contribution in [3.8, 4) is 5.75 Å². The topological polar surface area (TPSA) is 50.4 Å². The summed E-state index contributed by atoms with van der Waals surface area (Å²) in [5, 5.41) is 6.62. The molecular formula is C14H19ClN2O2. The van der Waals surface area contributed by atoms with Crippen LogP contribution in [0, 0.1) is 5.41 Å². The molecule has 1 aliphatic rings. The van der Waals surface area contributed by atoms with E-state index in [9.17, 15) is 4.79 Å². The third kappa shape index (κ3) is 3.77. The molecule has 0 aromatic heterocycles. The predicted molar refractivity (Wildman–Crippen MR) is 78.1 cm³/mol. The molecule has 1 amide bonds. The summed E-state index contributed by atoms with van der Waals surface area (Å²) in [6.45, 7) is 7.48. The number of hydrogen-bond acceptors (Lipinski definition) is 3. The van der Waals surface area contributed by atoms with Crippen molar-refractivity contribution in [1.29, 1.82) is 0 Å². The molecule has 0 aliphatic carbocycles. The van der Waals surface area contributed by atoms with Crippen LogP contribution in [0.3, 0.4) is 0 Å². The number of carbonyl (C=O) groups is 1. The second kappa shape index (κ2) is 5.29. The molecule has 0 bridgehead atoms. The molecule has 0 unspecified atom stereocenters. The number of anilines is 2. The van der Waals surface area contributed by atoms with Gasteiger partial charge >= 0.3 is 0 Å².